The van der Waals surface area contributed by atoms with Crippen molar-refractivity contribution >= 4 is 44.5 Å². The Morgan fingerprint density at radius 3 is 1.78 bits per heavy atom. The second-order valence-electron chi connectivity index (χ2n) is 8.91. The van der Waals surface area contributed by atoms with Crippen LogP contribution in [0.3, 0.4) is 0 Å². The average Bonchev–Trinajstić information content (AvgIpc) is 2.80. The summed E-state index contributed by atoms with van der Waals surface area (Å²) >= 11 is 0. The van der Waals surface area contributed by atoms with Crippen LogP contribution in [0.2, 0.25) is 0 Å². The first-order valence-electron chi connectivity index (χ1n) is 12.1. The Hall–Kier alpha value is -2.94. The topological polar surface area (TPSA) is 49.7 Å². The van der Waals surface area contributed by atoms with E-state index in [2.05, 4.69) is 59.6 Å². The molecule has 4 rings (SSSR count). The van der Waals surface area contributed by atoms with E-state index in [0.717, 1.165) is 32.2 Å². The standard InChI is InChI=1S/C29H33NO2/c31-27(32)13-8-6-4-2-1-3-5-7-9-18-30-21-22-19-25-16-14-23-11-10-12-24-15-17-26(20-22)29(25)28(23)24/h10-12,14-17,19-21H,1-9,13,18H2,(H,31,32). The maximum Gasteiger partial charge on any atom is 0.303 e. The quantitative estimate of drug-likeness (QED) is 0.133. The van der Waals surface area contributed by atoms with Crippen molar-refractivity contribution in [3.63, 3.8) is 0 Å². The van der Waals surface area contributed by atoms with Crippen LogP contribution in [0.25, 0.3) is 32.3 Å². The van der Waals surface area contributed by atoms with Gasteiger partial charge in [0.1, 0.15) is 0 Å². The highest BCUT2D eigenvalue weighted by molar-refractivity contribution is 6.23. The number of hydrogen-bond acceptors (Lipinski definition) is 2. The van der Waals surface area contributed by atoms with Crippen molar-refractivity contribution in [3.8, 4) is 0 Å². The first-order chi connectivity index (χ1) is 15.7. The summed E-state index contributed by atoms with van der Waals surface area (Å²) in [5.74, 6) is -0.674. The molecule has 0 spiro atoms. The Kier molecular flexibility index (Phi) is 7.71. The van der Waals surface area contributed by atoms with Crippen LogP contribution in [0.5, 0.6) is 0 Å². The lowest BCUT2D eigenvalue weighted by Gasteiger charge is -2.11. The van der Waals surface area contributed by atoms with E-state index in [1.807, 2.05) is 6.21 Å². The highest BCUT2D eigenvalue weighted by Crippen LogP contribution is 2.34. The molecule has 0 fully saturated rings. The normalized spacial score (nSPS) is 12.0. The van der Waals surface area contributed by atoms with Crippen LogP contribution >= 0.6 is 0 Å². The maximum absolute atomic E-state index is 10.5. The molecule has 0 saturated carbocycles. The zero-order valence-corrected chi connectivity index (χ0v) is 18.9. The van der Waals surface area contributed by atoms with Crippen molar-refractivity contribution < 1.29 is 9.90 Å². The molecule has 1 N–H and O–H groups in total. The van der Waals surface area contributed by atoms with E-state index in [1.165, 1.54) is 70.0 Å². The molecule has 0 atom stereocenters. The summed E-state index contributed by atoms with van der Waals surface area (Å²) in [5.41, 5.74) is 1.18. The van der Waals surface area contributed by atoms with Gasteiger partial charge >= 0.3 is 5.97 Å². The number of carboxylic acid groups (broad SMARTS) is 1. The van der Waals surface area contributed by atoms with Crippen molar-refractivity contribution in [2.24, 2.45) is 4.99 Å². The Labute approximate surface area is 190 Å². The van der Waals surface area contributed by atoms with E-state index in [1.54, 1.807) is 0 Å². The fraction of sp³-hybridized carbons (Fsp3) is 0.379. The Morgan fingerprint density at radius 2 is 1.19 bits per heavy atom. The number of aliphatic imine (C=N–C) groups is 1. The molecule has 4 aromatic rings. The molecule has 0 radical (unpaired) electrons. The van der Waals surface area contributed by atoms with Crippen LogP contribution in [-0.4, -0.2) is 23.8 Å². The molecule has 0 amide bonds. The van der Waals surface area contributed by atoms with Crippen molar-refractivity contribution in [1.29, 1.82) is 0 Å². The summed E-state index contributed by atoms with van der Waals surface area (Å²) < 4.78 is 0. The molecule has 0 unspecified atom stereocenters. The number of benzene rings is 4. The van der Waals surface area contributed by atoms with Crippen molar-refractivity contribution in [2.45, 2.75) is 64.2 Å². The van der Waals surface area contributed by atoms with Gasteiger partial charge in [0, 0.05) is 19.2 Å². The van der Waals surface area contributed by atoms with E-state index in [0.29, 0.717) is 6.42 Å². The summed E-state index contributed by atoms with van der Waals surface area (Å²) in [6.45, 7) is 0.889. The SMILES string of the molecule is O=C(O)CCCCCCCCCCCN=Cc1cc2ccc3cccc4ccc(c1)c2c34. The van der Waals surface area contributed by atoms with Crippen molar-refractivity contribution in [1.82, 2.24) is 0 Å². The smallest absolute Gasteiger partial charge is 0.303 e. The predicted octanol–water partition coefficient (Wildman–Crippen LogP) is 7.99. The number of aliphatic carboxylic acids is 1. The van der Waals surface area contributed by atoms with E-state index >= 15 is 0 Å². The number of unbranched alkanes of at least 4 members (excludes halogenated alkanes) is 8. The Balaban J connectivity index is 1.20. The monoisotopic (exact) mass is 427 g/mol. The lowest BCUT2D eigenvalue weighted by atomic mass is 9.93. The van der Waals surface area contributed by atoms with Crippen LogP contribution in [0.1, 0.15) is 69.8 Å². The Bertz CT molecular complexity index is 1130. The molecule has 0 aliphatic heterocycles. The van der Waals surface area contributed by atoms with Gasteiger partial charge < -0.3 is 5.11 Å². The molecule has 0 heterocycles. The zero-order chi connectivity index (χ0) is 22.2. The van der Waals surface area contributed by atoms with Crippen LogP contribution in [0, 0.1) is 0 Å². The summed E-state index contributed by atoms with van der Waals surface area (Å²) in [6, 6.07) is 19.9. The third kappa shape index (κ3) is 5.64. The number of rotatable bonds is 13. The van der Waals surface area contributed by atoms with Crippen LogP contribution in [0.4, 0.5) is 0 Å². The minimum atomic E-state index is -0.674. The molecular formula is C29H33NO2. The van der Waals surface area contributed by atoms with Crippen LogP contribution in [-0.2, 0) is 4.79 Å². The lowest BCUT2D eigenvalue weighted by molar-refractivity contribution is -0.137. The fourth-order valence-corrected chi connectivity index (χ4v) is 4.74. The minimum Gasteiger partial charge on any atom is -0.481 e. The van der Waals surface area contributed by atoms with Crippen molar-refractivity contribution in [2.75, 3.05) is 6.54 Å². The molecule has 32 heavy (non-hydrogen) atoms. The van der Waals surface area contributed by atoms with E-state index in [-0.39, 0.29) is 0 Å². The van der Waals surface area contributed by atoms with Gasteiger partial charge in [-0.25, -0.2) is 0 Å². The third-order valence-electron chi connectivity index (χ3n) is 6.40. The summed E-state index contributed by atoms with van der Waals surface area (Å²) in [4.78, 5) is 15.2. The first kappa shape index (κ1) is 22.3. The molecular weight excluding hydrogens is 394 g/mol. The highest BCUT2D eigenvalue weighted by Gasteiger charge is 2.08. The second kappa shape index (κ2) is 11.1. The van der Waals surface area contributed by atoms with Crippen LogP contribution in [0.15, 0.2) is 59.6 Å². The molecule has 3 nitrogen and oxygen atoms in total. The summed E-state index contributed by atoms with van der Waals surface area (Å²) in [5, 5.41) is 16.5. The van der Waals surface area contributed by atoms with Gasteiger partial charge in [0.25, 0.3) is 0 Å². The predicted molar refractivity (Wildman–Crippen MR) is 136 cm³/mol. The Morgan fingerprint density at radius 1 is 0.688 bits per heavy atom. The zero-order valence-electron chi connectivity index (χ0n) is 18.9. The molecule has 3 heteroatoms. The first-order valence-corrected chi connectivity index (χ1v) is 12.1. The maximum atomic E-state index is 10.5. The molecule has 0 aliphatic carbocycles. The van der Waals surface area contributed by atoms with Gasteiger partial charge in [0.15, 0.2) is 0 Å². The van der Waals surface area contributed by atoms with Gasteiger partial charge in [-0.15, -0.1) is 0 Å². The molecule has 0 saturated heterocycles. The summed E-state index contributed by atoms with van der Waals surface area (Å²) in [6.07, 6.45) is 12.8. The van der Waals surface area contributed by atoms with Gasteiger partial charge in [0.2, 0.25) is 0 Å². The van der Waals surface area contributed by atoms with Gasteiger partial charge in [0.05, 0.1) is 0 Å². The molecule has 0 bridgehead atoms. The fourth-order valence-electron chi connectivity index (χ4n) is 4.74. The van der Waals surface area contributed by atoms with Gasteiger partial charge in [-0.05, 0) is 62.9 Å². The largest absolute Gasteiger partial charge is 0.481 e. The highest BCUT2D eigenvalue weighted by atomic mass is 16.4. The lowest BCUT2D eigenvalue weighted by Crippen LogP contribution is -1.93. The minimum absolute atomic E-state index is 0.315. The number of hydrogen-bond donors (Lipinski definition) is 1. The van der Waals surface area contributed by atoms with Gasteiger partial charge in [-0.3, -0.25) is 9.79 Å². The van der Waals surface area contributed by atoms with Crippen molar-refractivity contribution in [3.05, 3.63) is 60.2 Å². The second-order valence-corrected chi connectivity index (χ2v) is 8.91. The van der Waals surface area contributed by atoms with E-state index in [9.17, 15) is 4.79 Å². The van der Waals surface area contributed by atoms with Gasteiger partial charge in [-0.2, -0.15) is 0 Å². The van der Waals surface area contributed by atoms with E-state index < -0.39 is 5.97 Å². The third-order valence-corrected chi connectivity index (χ3v) is 6.40. The molecule has 0 aromatic heterocycles. The van der Waals surface area contributed by atoms with Gasteiger partial charge in [-0.1, -0.05) is 87.4 Å². The average molecular weight is 428 g/mol. The molecule has 166 valence electrons. The number of nitrogens with zero attached hydrogens (tertiary/aromatic N) is 1. The molecule has 4 aromatic carbocycles. The number of carbonyl (C=O) groups is 1. The number of carboxylic acids is 1. The molecule has 0 aliphatic rings. The summed E-state index contributed by atoms with van der Waals surface area (Å²) in [7, 11) is 0. The van der Waals surface area contributed by atoms with E-state index in [4.69, 9.17) is 5.11 Å². The van der Waals surface area contributed by atoms with Crippen LogP contribution < -0.4 is 0 Å².